The first-order chi connectivity index (χ1) is 19.4. The lowest BCUT2D eigenvalue weighted by molar-refractivity contribution is -0.149. The Bertz CT molecular complexity index is 1210. The van der Waals surface area contributed by atoms with Gasteiger partial charge >= 0.3 is 12.1 Å². The van der Waals surface area contributed by atoms with Crippen LogP contribution < -0.4 is 9.47 Å². The first-order valence-electron chi connectivity index (χ1n) is 12.9. The van der Waals surface area contributed by atoms with Gasteiger partial charge in [0.2, 0.25) is 0 Å². The molecule has 0 spiro atoms. The summed E-state index contributed by atoms with van der Waals surface area (Å²) in [5, 5.41) is 9.26. The van der Waals surface area contributed by atoms with Crippen LogP contribution in [0.25, 0.3) is 0 Å². The van der Waals surface area contributed by atoms with Gasteiger partial charge in [0.1, 0.15) is 18.2 Å². The number of hydrogen-bond acceptors (Lipinski definition) is 6. The van der Waals surface area contributed by atoms with Crippen molar-refractivity contribution in [3.63, 3.8) is 0 Å². The number of carboxylic acids is 1. The van der Waals surface area contributed by atoms with Crippen molar-refractivity contribution in [3.8, 4) is 11.5 Å². The van der Waals surface area contributed by atoms with Crippen molar-refractivity contribution in [2.75, 3.05) is 32.9 Å². The highest BCUT2D eigenvalue weighted by molar-refractivity contribution is 5.72. The predicted molar refractivity (Wildman–Crippen MR) is 143 cm³/mol. The minimum Gasteiger partial charge on any atom is -0.492 e. The maximum atomic E-state index is 14.0. The van der Waals surface area contributed by atoms with Crippen LogP contribution in [0.3, 0.4) is 0 Å². The van der Waals surface area contributed by atoms with E-state index in [0.29, 0.717) is 32.0 Å². The van der Waals surface area contributed by atoms with Crippen LogP contribution in [0.15, 0.2) is 72.8 Å². The van der Waals surface area contributed by atoms with Crippen LogP contribution in [0.4, 0.5) is 13.6 Å². The molecule has 1 atom stereocenters. The van der Waals surface area contributed by atoms with E-state index < -0.39 is 24.0 Å². The molecule has 1 amide bonds. The number of carboxylic acid groups (broad SMARTS) is 1. The smallest absolute Gasteiger partial charge is 0.415 e. The Hall–Kier alpha value is -4.02. The van der Waals surface area contributed by atoms with Crippen LogP contribution in [0.2, 0.25) is 0 Å². The third kappa shape index (κ3) is 10.3. The van der Waals surface area contributed by atoms with Crippen LogP contribution in [-0.4, -0.2) is 61.1 Å². The van der Waals surface area contributed by atoms with E-state index in [-0.39, 0.29) is 37.7 Å². The van der Waals surface area contributed by atoms with Crippen LogP contribution in [-0.2, 0) is 27.3 Å². The molecular formula is C30H33F2NO7. The van der Waals surface area contributed by atoms with Gasteiger partial charge in [0.05, 0.1) is 13.2 Å². The van der Waals surface area contributed by atoms with Gasteiger partial charge in [-0.05, 0) is 60.9 Å². The van der Waals surface area contributed by atoms with E-state index >= 15 is 0 Å². The highest BCUT2D eigenvalue weighted by Crippen LogP contribution is 2.18. The number of carbonyl (C=O) groups excluding carboxylic acids is 1. The molecule has 3 rings (SSSR count). The van der Waals surface area contributed by atoms with Gasteiger partial charge in [-0.15, -0.1) is 0 Å². The SMILES string of the molecule is CCOC(Cc1ccc(OCCN(CCCOCc2ccc(F)cc2)C(=O)Oc2ccccc2F)cc1)C(=O)O. The van der Waals surface area contributed by atoms with E-state index in [1.807, 2.05) is 0 Å². The average molecular weight is 558 g/mol. The molecule has 0 heterocycles. The number of para-hydroxylation sites is 1. The lowest BCUT2D eigenvalue weighted by Gasteiger charge is -2.22. The first kappa shape index (κ1) is 30.5. The largest absolute Gasteiger partial charge is 0.492 e. The molecule has 0 aliphatic heterocycles. The quantitative estimate of drug-likeness (QED) is 0.233. The van der Waals surface area contributed by atoms with E-state index in [2.05, 4.69) is 0 Å². The second-order valence-electron chi connectivity index (χ2n) is 8.80. The van der Waals surface area contributed by atoms with Gasteiger partial charge in [0.25, 0.3) is 0 Å². The Balaban J connectivity index is 1.52. The minimum absolute atomic E-state index is 0.138. The topological polar surface area (TPSA) is 94.5 Å². The summed E-state index contributed by atoms with van der Waals surface area (Å²) in [6.07, 6.45) is -0.946. The summed E-state index contributed by atoms with van der Waals surface area (Å²) in [4.78, 5) is 25.5. The number of benzene rings is 3. The highest BCUT2D eigenvalue weighted by Gasteiger charge is 2.19. The number of aliphatic carboxylic acids is 1. The fraction of sp³-hybridized carbons (Fsp3) is 0.333. The monoisotopic (exact) mass is 557 g/mol. The van der Waals surface area contributed by atoms with Gasteiger partial charge < -0.3 is 29.0 Å². The Kier molecular flexibility index (Phi) is 12.3. The number of ether oxygens (including phenoxy) is 4. The molecule has 3 aromatic rings. The molecule has 1 unspecified atom stereocenters. The second-order valence-corrected chi connectivity index (χ2v) is 8.80. The van der Waals surface area contributed by atoms with Crippen molar-refractivity contribution in [2.24, 2.45) is 0 Å². The van der Waals surface area contributed by atoms with E-state index in [4.69, 9.17) is 18.9 Å². The molecule has 0 aromatic heterocycles. The minimum atomic E-state index is -1.02. The number of hydrogen-bond donors (Lipinski definition) is 1. The number of amides is 1. The van der Waals surface area contributed by atoms with Crippen molar-refractivity contribution in [2.45, 2.75) is 32.5 Å². The summed E-state index contributed by atoms with van der Waals surface area (Å²) >= 11 is 0. The zero-order valence-electron chi connectivity index (χ0n) is 22.3. The Morgan fingerprint density at radius 2 is 1.60 bits per heavy atom. The highest BCUT2D eigenvalue weighted by atomic mass is 19.1. The maximum absolute atomic E-state index is 14.0. The van der Waals surface area contributed by atoms with Crippen molar-refractivity contribution < 1.29 is 42.4 Å². The molecule has 214 valence electrons. The molecule has 0 saturated heterocycles. The summed E-state index contributed by atoms with van der Waals surface area (Å²) in [5.41, 5.74) is 1.61. The van der Waals surface area contributed by atoms with Crippen LogP contribution in [0.5, 0.6) is 11.5 Å². The molecule has 0 aliphatic rings. The summed E-state index contributed by atoms with van der Waals surface area (Å²) in [6, 6.07) is 18.6. The van der Waals surface area contributed by atoms with Gasteiger partial charge in [0.15, 0.2) is 17.7 Å². The van der Waals surface area contributed by atoms with Gasteiger partial charge in [-0.1, -0.05) is 36.4 Å². The van der Waals surface area contributed by atoms with Crippen LogP contribution in [0, 0.1) is 11.6 Å². The van der Waals surface area contributed by atoms with E-state index in [1.165, 1.54) is 35.2 Å². The molecule has 8 nitrogen and oxygen atoms in total. The Morgan fingerprint density at radius 3 is 2.27 bits per heavy atom. The van der Waals surface area contributed by atoms with Gasteiger partial charge in [-0.3, -0.25) is 0 Å². The number of rotatable bonds is 16. The molecule has 0 bridgehead atoms. The number of carbonyl (C=O) groups is 2. The third-order valence-electron chi connectivity index (χ3n) is 5.81. The summed E-state index contributed by atoms with van der Waals surface area (Å²) < 4.78 is 49.0. The van der Waals surface area contributed by atoms with Crippen molar-refractivity contribution in [3.05, 3.63) is 95.6 Å². The molecule has 0 saturated carbocycles. The van der Waals surface area contributed by atoms with E-state index in [1.54, 1.807) is 49.4 Å². The molecule has 0 fully saturated rings. The Morgan fingerprint density at radius 1 is 0.900 bits per heavy atom. The van der Waals surface area contributed by atoms with Crippen LogP contribution in [0.1, 0.15) is 24.5 Å². The fourth-order valence-corrected chi connectivity index (χ4v) is 3.74. The molecule has 10 heteroatoms. The third-order valence-corrected chi connectivity index (χ3v) is 5.81. The normalized spacial score (nSPS) is 11.6. The summed E-state index contributed by atoms with van der Waals surface area (Å²) in [7, 11) is 0. The zero-order chi connectivity index (χ0) is 28.7. The molecule has 40 heavy (non-hydrogen) atoms. The second kappa shape index (κ2) is 16.2. The summed E-state index contributed by atoms with van der Waals surface area (Å²) in [6.45, 7) is 3.25. The van der Waals surface area contributed by atoms with Crippen molar-refractivity contribution in [1.29, 1.82) is 0 Å². The van der Waals surface area contributed by atoms with Gasteiger partial charge in [-0.25, -0.2) is 18.4 Å². The van der Waals surface area contributed by atoms with E-state index in [0.717, 1.165) is 11.1 Å². The van der Waals surface area contributed by atoms with Gasteiger partial charge in [0, 0.05) is 26.2 Å². The van der Waals surface area contributed by atoms with Crippen molar-refractivity contribution >= 4 is 12.1 Å². The average Bonchev–Trinajstić information content (AvgIpc) is 2.94. The first-order valence-corrected chi connectivity index (χ1v) is 12.9. The maximum Gasteiger partial charge on any atom is 0.415 e. The molecule has 0 radical (unpaired) electrons. The lowest BCUT2D eigenvalue weighted by Crippen LogP contribution is -2.38. The van der Waals surface area contributed by atoms with Crippen molar-refractivity contribution in [1.82, 2.24) is 4.90 Å². The standard InChI is InChI=1S/C30H33F2NO7/c1-2-38-28(29(34)35)20-22-10-14-25(15-11-22)39-19-17-33(30(36)40-27-7-4-3-6-26(27)32)16-5-18-37-21-23-8-12-24(31)13-9-23/h3-4,6-15,28H,2,5,16-21H2,1H3,(H,34,35). The molecule has 3 aromatic carbocycles. The van der Waals surface area contributed by atoms with Crippen LogP contribution >= 0.6 is 0 Å². The van der Waals surface area contributed by atoms with E-state index in [9.17, 15) is 23.5 Å². The number of nitrogens with zero attached hydrogens (tertiary/aromatic N) is 1. The Labute approximate surface area is 232 Å². The summed E-state index contributed by atoms with van der Waals surface area (Å²) in [5.74, 6) is -1.63. The fourth-order valence-electron chi connectivity index (χ4n) is 3.74. The molecule has 1 N–H and O–H groups in total. The number of halogens is 2. The van der Waals surface area contributed by atoms with Gasteiger partial charge in [-0.2, -0.15) is 0 Å². The molecule has 0 aliphatic carbocycles. The lowest BCUT2D eigenvalue weighted by atomic mass is 10.1. The zero-order valence-corrected chi connectivity index (χ0v) is 22.3. The molecular weight excluding hydrogens is 524 g/mol. The predicted octanol–water partition coefficient (Wildman–Crippen LogP) is 5.48.